The first-order valence-electron chi connectivity index (χ1n) is 8.30. The fourth-order valence-corrected chi connectivity index (χ4v) is 3.17. The van der Waals surface area contributed by atoms with Gasteiger partial charge in [0.25, 0.3) is 5.56 Å². The summed E-state index contributed by atoms with van der Waals surface area (Å²) in [6.45, 7) is 1.22. The number of fused-ring (bicyclic) bond motifs is 3. The minimum Gasteiger partial charge on any atom is -0.385 e. The minimum absolute atomic E-state index is 0.0726. The average Bonchev–Trinajstić information content (AvgIpc) is 3.09. The van der Waals surface area contributed by atoms with Crippen LogP contribution in [-0.2, 0) is 11.3 Å². The Balaban J connectivity index is 1.82. The topological polar surface area (TPSA) is 61.4 Å². The molecule has 0 unspecified atom stereocenters. The maximum Gasteiger partial charge on any atom is 0.261 e. The lowest BCUT2D eigenvalue weighted by molar-refractivity contribution is 0.190. The van der Waals surface area contributed by atoms with E-state index < -0.39 is 0 Å². The number of pyridine rings is 1. The van der Waals surface area contributed by atoms with E-state index in [9.17, 15) is 4.79 Å². The smallest absolute Gasteiger partial charge is 0.261 e. The van der Waals surface area contributed by atoms with Crippen molar-refractivity contribution in [3.05, 3.63) is 64.3 Å². The zero-order valence-electron chi connectivity index (χ0n) is 14.2. The monoisotopic (exact) mass is 368 g/mol. The highest BCUT2D eigenvalue weighted by atomic mass is 35.5. The van der Waals surface area contributed by atoms with Crippen LogP contribution in [-0.4, -0.2) is 32.9 Å². The maximum atomic E-state index is 12.7. The second-order valence-corrected chi connectivity index (χ2v) is 6.45. The van der Waals surface area contributed by atoms with Gasteiger partial charge in [-0.25, -0.2) is 9.50 Å². The van der Waals surface area contributed by atoms with Crippen LogP contribution < -0.4 is 5.56 Å². The summed E-state index contributed by atoms with van der Waals surface area (Å²) in [6.07, 6.45) is 5.96. The lowest BCUT2D eigenvalue weighted by atomic mass is 10.1. The third-order valence-corrected chi connectivity index (χ3v) is 4.62. The van der Waals surface area contributed by atoms with Gasteiger partial charge in [-0.3, -0.25) is 4.79 Å². The fraction of sp³-hybridized carbons (Fsp3) is 0.211. The third kappa shape index (κ3) is 2.87. The summed E-state index contributed by atoms with van der Waals surface area (Å²) < 4.78 is 8.44. The summed E-state index contributed by atoms with van der Waals surface area (Å²) in [5.41, 5.74) is 3.24. The normalized spacial score (nSPS) is 11.5. The molecule has 1 aromatic carbocycles. The van der Waals surface area contributed by atoms with Crippen LogP contribution in [0.2, 0.25) is 5.02 Å². The van der Waals surface area contributed by atoms with Crippen LogP contribution >= 0.6 is 11.6 Å². The van der Waals surface area contributed by atoms with Gasteiger partial charge in [0.05, 0.1) is 17.1 Å². The van der Waals surface area contributed by atoms with Crippen LogP contribution in [0.1, 0.15) is 6.42 Å². The lowest BCUT2D eigenvalue weighted by Gasteiger charge is -2.08. The number of methoxy groups -OCH3 is 1. The number of ether oxygens (including phenoxy) is 1. The van der Waals surface area contributed by atoms with Gasteiger partial charge in [-0.05, 0) is 30.2 Å². The molecule has 4 rings (SSSR count). The predicted molar refractivity (Wildman–Crippen MR) is 102 cm³/mol. The van der Waals surface area contributed by atoms with E-state index in [1.807, 2.05) is 30.3 Å². The molecule has 0 aliphatic heterocycles. The first-order chi connectivity index (χ1) is 12.7. The van der Waals surface area contributed by atoms with E-state index in [1.54, 1.807) is 34.8 Å². The first-order valence-corrected chi connectivity index (χ1v) is 8.67. The van der Waals surface area contributed by atoms with E-state index in [1.165, 1.54) is 0 Å². The Bertz CT molecular complexity index is 1130. The van der Waals surface area contributed by atoms with Crippen LogP contribution in [0.15, 0.2) is 53.7 Å². The number of halogens is 1. The van der Waals surface area contributed by atoms with E-state index in [-0.39, 0.29) is 5.56 Å². The quantitative estimate of drug-likeness (QED) is 0.506. The number of rotatable bonds is 5. The summed E-state index contributed by atoms with van der Waals surface area (Å²) >= 11 is 5.97. The molecule has 6 nitrogen and oxygen atoms in total. The molecule has 0 saturated carbocycles. The molecule has 0 N–H and O–H groups in total. The molecule has 7 heteroatoms. The highest BCUT2D eigenvalue weighted by Gasteiger charge is 2.12. The molecule has 0 aliphatic carbocycles. The van der Waals surface area contributed by atoms with Crippen LogP contribution in [0.3, 0.4) is 0 Å². The van der Waals surface area contributed by atoms with E-state index in [0.717, 1.165) is 23.1 Å². The van der Waals surface area contributed by atoms with Crippen molar-refractivity contribution in [2.24, 2.45) is 0 Å². The Hall–Kier alpha value is -2.70. The van der Waals surface area contributed by atoms with Crippen molar-refractivity contribution < 1.29 is 4.74 Å². The molecule has 0 spiro atoms. The van der Waals surface area contributed by atoms with Crippen molar-refractivity contribution in [2.45, 2.75) is 13.0 Å². The van der Waals surface area contributed by atoms with Gasteiger partial charge in [0.15, 0.2) is 5.65 Å². The molecule has 0 atom stereocenters. The summed E-state index contributed by atoms with van der Waals surface area (Å²) in [6, 6.07) is 9.43. The molecule has 0 aliphatic rings. The van der Waals surface area contributed by atoms with Crippen LogP contribution in [0.25, 0.3) is 27.7 Å². The van der Waals surface area contributed by atoms with Crippen LogP contribution in [0.4, 0.5) is 0 Å². The average molecular weight is 369 g/mol. The molecule has 26 heavy (non-hydrogen) atoms. The van der Waals surface area contributed by atoms with Gasteiger partial charge in [0.2, 0.25) is 0 Å². The minimum atomic E-state index is -0.0726. The Kier molecular flexibility index (Phi) is 4.44. The third-order valence-electron chi connectivity index (χ3n) is 4.37. The van der Waals surface area contributed by atoms with Crippen molar-refractivity contribution >= 4 is 28.2 Å². The molecule has 3 heterocycles. The predicted octanol–water partition coefficient (Wildman–Crippen LogP) is 3.40. The van der Waals surface area contributed by atoms with Gasteiger partial charge >= 0.3 is 0 Å². The number of hydrogen-bond donors (Lipinski definition) is 0. The maximum absolute atomic E-state index is 12.7. The summed E-state index contributed by atoms with van der Waals surface area (Å²) in [7, 11) is 1.65. The lowest BCUT2D eigenvalue weighted by Crippen LogP contribution is -2.21. The Morgan fingerprint density at radius 2 is 1.96 bits per heavy atom. The van der Waals surface area contributed by atoms with Crippen molar-refractivity contribution in [2.75, 3.05) is 13.7 Å². The molecule has 0 radical (unpaired) electrons. The standard InChI is InChI=1S/C19H17ClN4O2/c1-26-10-2-8-23-9-7-17-16(19(23)25)11-21-18-15(12-22-24(17)18)13-3-5-14(20)6-4-13/h3-7,9,11-12H,2,8,10H2,1H3. The number of aryl methyl sites for hydroxylation is 1. The van der Waals surface area contributed by atoms with E-state index in [2.05, 4.69) is 10.1 Å². The second kappa shape index (κ2) is 6.90. The van der Waals surface area contributed by atoms with Gasteiger partial charge in [-0.1, -0.05) is 23.7 Å². The van der Waals surface area contributed by atoms with Gasteiger partial charge in [0.1, 0.15) is 0 Å². The highest BCUT2D eigenvalue weighted by Crippen LogP contribution is 2.26. The van der Waals surface area contributed by atoms with E-state index in [4.69, 9.17) is 16.3 Å². The number of nitrogens with zero attached hydrogens (tertiary/aromatic N) is 4. The Morgan fingerprint density at radius 1 is 1.15 bits per heavy atom. The van der Waals surface area contributed by atoms with Crippen molar-refractivity contribution in [1.82, 2.24) is 19.2 Å². The zero-order chi connectivity index (χ0) is 18.1. The van der Waals surface area contributed by atoms with E-state index >= 15 is 0 Å². The van der Waals surface area contributed by atoms with Crippen LogP contribution in [0.5, 0.6) is 0 Å². The molecule has 0 fully saturated rings. The van der Waals surface area contributed by atoms with Crippen molar-refractivity contribution in [3.8, 4) is 11.1 Å². The summed E-state index contributed by atoms with van der Waals surface area (Å²) in [5, 5.41) is 5.67. The largest absolute Gasteiger partial charge is 0.385 e. The molecular weight excluding hydrogens is 352 g/mol. The van der Waals surface area contributed by atoms with Gasteiger partial charge in [-0.2, -0.15) is 5.10 Å². The molecular formula is C19H17ClN4O2. The molecule has 0 amide bonds. The second-order valence-electron chi connectivity index (χ2n) is 6.02. The molecule has 4 aromatic rings. The van der Waals surface area contributed by atoms with Crippen molar-refractivity contribution in [1.29, 1.82) is 0 Å². The molecule has 0 bridgehead atoms. The van der Waals surface area contributed by atoms with Crippen LogP contribution in [0, 0.1) is 0 Å². The SMILES string of the molecule is COCCCn1ccc2c(cnc3c(-c4ccc(Cl)cc4)cnn32)c1=O. The van der Waals surface area contributed by atoms with Gasteiger partial charge < -0.3 is 9.30 Å². The number of hydrogen-bond acceptors (Lipinski definition) is 4. The molecule has 3 aromatic heterocycles. The summed E-state index contributed by atoms with van der Waals surface area (Å²) in [5.74, 6) is 0. The van der Waals surface area contributed by atoms with Gasteiger partial charge in [0, 0.05) is 43.2 Å². The molecule has 0 saturated heterocycles. The Morgan fingerprint density at radius 3 is 2.73 bits per heavy atom. The fourth-order valence-electron chi connectivity index (χ4n) is 3.04. The zero-order valence-corrected chi connectivity index (χ0v) is 15.0. The first kappa shape index (κ1) is 16.8. The highest BCUT2D eigenvalue weighted by molar-refractivity contribution is 6.30. The van der Waals surface area contributed by atoms with E-state index in [0.29, 0.717) is 29.2 Å². The van der Waals surface area contributed by atoms with Gasteiger partial charge in [-0.15, -0.1) is 0 Å². The molecule has 132 valence electrons. The summed E-state index contributed by atoms with van der Waals surface area (Å²) in [4.78, 5) is 17.2. The van der Waals surface area contributed by atoms with Crippen molar-refractivity contribution in [3.63, 3.8) is 0 Å². The number of aromatic nitrogens is 4. The Labute approximate surface area is 154 Å². The number of benzene rings is 1.